The molecule has 3 rings (SSSR count). The van der Waals surface area contributed by atoms with Crippen molar-refractivity contribution < 1.29 is 31.1 Å². The molecule has 0 saturated carbocycles. The Morgan fingerprint density at radius 2 is 1.77 bits per heavy atom. The van der Waals surface area contributed by atoms with Crippen molar-refractivity contribution in [3.63, 3.8) is 0 Å². The number of para-hydroxylation sites is 1. The average Bonchev–Trinajstić information content (AvgIpc) is 2.77. The number of sulfone groups is 1. The van der Waals surface area contributed by atoms with E-state index in [-0.39, 0.29) is 24.3 Å². The Balaban J connectivity index is 1.76. The summed E-state index contributed by atoms with van der Waals surface area (Å²) in [7, 11) is -3.86. The van der Waals surface area contributed by atoms with E-state index >= 15 is 0 Å². The van der Waals surface area contributed by atoms with E-state index in [0.29, 0.717) is 11.5 Å². The third-order valence-electron chi connectivity index (χ3n) is 4.55. The van der Waals surface area contributed by atoms with Crippen LogP contribution >= 0.6 is 0 Å². The quantitative estimate of drug-likeness (QED) is 0.719. The minimum absolute atomic E-state index is 0.0234. The van der Waals surface area contributed by atoms with Crippen molar-refractivity contribution in [1.29, 1.82) is 0 Å². The highest BCUT2D eigenvalue weighted by Gasteiger charge is 2.38. The predicted octanol–water partition coefficient (Wildman–Crippen LogP) is 2.98. The lowest BCUT2D eigenvalue weighted by Crippen LogP contribution is -2.44. The fourth-order valence-electron chi connectivity index (χ4n) is 3.20. The van der Waals surface area contributed by atoms with Crippen molar-refractivity contribution >= 4 is 15.7 Å². The Morgan fingerprint density at radius 3 is 2.47 bits per heavy atom. The summed E-state index contributed by atoms with van der Waals surface area (Å²) in [5.41, 5.74) is 0.241. The number of carbonyl (C=O) groups excluding carboxylic acids is 1. The zero-order valence-corrected chi connectivity index (χ0v) is 16.7. The summed E-state index contributed by atoms with van der Waals surface area (Å²) < 4.78 is 68.2. The van der Waals surface area contributed by atoms with Crippen molar-refractivity contribution in [2.45, 2.75) is 23.9 Å². The number of nitrogens with one attached hydrogen (secondary N) is 2. The van der Waals surface area contributed by atoms with Crippen LogP contribution in [0.5, 0.6) is 11.5 Å². The SMILES string of the molecule is O=C1N[C@H](CNCC(F)(F)F)CCS(=O)(=O)[C@@H]1c1cccc(Oc2ccccc2)c1. The lowest BCUT2D eigenvalue weighted by molar-refractivity contribution is -0.125. The van der Waals surface area contributed by atoms with Crippen LogP contribution in [0.15, 0.2) is 54.6 Å². The zero-order chi connectivity index (χ0) is 21.8. The molecular formula is C20H21F3N2O4S. The molecule has 6 nitrogen and oxygen atoms in total. The normalized spacial score (nSPS) is 21.5. The van der Waals surface area contributed by atoms with E-state index in [1.807, 2.05) is 6.07 Å². The predicted molar refractivity (Wildman–Crippen MR) is 105 cm³/mol. The van der Waals surface area contributed by atoms with E-state index in [4.69, 9.17) is 4.74 Å². The van der Waals surface area contributed by atoms with E-state index in [1.165, 1.54) is 12.1 Å². The summed E-state index contributed by atoms with van der Waals surface area (Å²) in [5.74, 6) is -0.158. The molecule has 0 aliphatic carbocycles. The molecule has 30 heavy (non-hydrogen) atoms. The topological polar surface area (TPSA) is 84.5 Å². The third kappa shape index (κ3) is 5.96. The van der Waals surface area contributed by atoms with Gasteiger partial charge in [0, 0.05) is 12.6 Å². The van der Waals surface area contributed by atoms with Gasteiger partial charge in [0.25, 0.3) is 0 Å². The van der Waals surface area contributed by atoms with E-state index in [2.05, 4.69) is 10.6 Å². The Morgan fingerprint density at radius 1 is 1.07 bits per heavy atom. The largest absolute Gasteiger partial charge is 0.457 e. The molecular weight excluding hydrogens is 421 g/mol. The van der Waals surface area contributed by atoms with Crippen molar-refractivity contribution in [3.05, 3.63) is 60.2 Å². The fourth-order valence-corrected chi connectivity index (χ4v) is 5.01. The van der Waals surface area contributed by atoms with Crippen LogP contribution in [-0.2, 0) is 14.6 Å². The first kappa shape index (κ1) is 22.1. The van der Waals surface area contributed by atoms with Crippen LogP contribution in [0, 0.1) is 0 Å². The van der Waals surface area contributed by atoms with Gasteiger partial charge in [0.1, 0.15) is 11.5 Å². The second kappa shape index (κ2) is 9.05. The molecule has 2 N–H and O–H groups in total. The molecule has 2 aromatic carbocycles. The molecule has 0 unspecified atom stereocenters. The molecule has 10 heteroatoms. The number of carbonyl (C=O) groups is 1. The van der Waals surface area contributed by atoms with E-state index in [0.717, 1.165) is 0 Å². The standard InChI is InChI=1S/C20H21F3N2O4S/c21-20(22,23)13-24-12-15-9-10-30(27,28)18(19(26)25-15)14-5-4-8-17(11-14)29-16-6-2-1-3-7-16/h1-8,11,15,18,24H,9-10,12-13H2,(H,25,26)/t15-,18+/m0/s1. The second-order valence-electron chi connectivity index (χ2n) is 6.97. The molecule has 2 aromatic rings. The van der Waals surface area contributed by atoms with Crippen LogP contribution in [0.3, 0.4) is 0 Å². The molecule has 162 valence electrons. The van der Waals surface area contributed by atoms with Gasteiger partial charge in [-0.15, -0.1) is 0 Å². The summed E-state index contributed by atoms with van der Waals surface area (Å²) >= 11 is 0. The smallest absolute Gasteiger partial charge is 0.401 e. The molecule has 0 spiro atoms. The summed E-state index contributed by atoms with van der Waals surface area (Å²) in [6, 6.07) is 14.4. The summed E-state index contributed by atoms with van der Waals surface area (Å²) in [5, 5.41) is 3.30. The molecule has 0 radical (unpaired) electrons. The van der Waals surface area contributed by atoms with Crippen LogP contribution < -0.4 is 15.4 Å². The number of rotatable bonds is 6. The number of hydrogen-bond acceptors (Lipinski definition) is 5. The highest BCUT2D eigenvalue weighted by molar-refractivity contribution is 7.92. The summed E-state index contributed by atoms with van der Waals surface area (Å²) in [6.07, 6.45) is -4.36. The maximum Gasteiger partial charge on any atom is 0.401 e. The van der Waals surface area contributed by atoms with Crippen molar-refractivity contribution in [3.8, 4) is 11.5 Å². The van der Waals surface area contributed by atoms with Gasteiger partial charge in [-0.2, -0.15) is 13.2 Å². The van der Waals surface area contributed by atoms with Crippen LogP contribution in [-0.4, -0.2) is 45.4 Å². The molecule has 1 fully saturated rings. The number of ether oxygens (including phenoxy) is 1. The molecule has 1 aliphatic heterocycles. The average molecular weight is 442 g/mol. The van der Waals surface area contributed by atoms with Crippen LogP contribution in [0.25, 0.3) is 0 Å². The minimum atomic E-state index is -4.39. The van der Waals surface area contributed by atoms with Gasteiger partial charge in [-0.25, -0.2) is 8.42 Å². The van der Waals surface area contributed by atoms with Gasteiger partial charge in [0.15, 0.2) is 15.1 Å². The zero-order valence-electron chi connectivity index (χ0n) is 15.9. The lowest BCUT2D eigenvalue weighted by atomic mass is 10.1. The number of amides is 1. The first-order chi connectivity index (χ1) is 14.1. The summed E-state index contributed by atoms with van der Waals surface area (Å²) in [6.45, 7) is -1.39. The maximum atomic E-state index is 12.8. The fraction of sp³-hybridized carbons (Fsp3) is 0.350. The number of alkyl halides is 3. The first-order valence-corrected chi connectivity index (χ1v) is 11.0. The molecule has 1 heterocycles. The van der Waals surface area contributed by atoms with E-state index in [9.17, 15) is 26.4 Å². The highest BCUT2D eigenvalue weighted by atomic mass is 32.2. The van der Waals surface area contributed by atoms with E-state index < -0.39 is 39.8 Å². The second-order valence-corrected chi connectivity index (χ2v) is 9.18. The molecule has 0 bridgehead atoms. The first-order valence-electron chi connectivity index (χ1n) is 9.26. The van der Waals surface area contributed by atoms with Crippen molar-refractivity contribution in [1.82, 2.24) is 10.6 Å². The Labute approximate surface area is 172 Å². The molecule has 1 saturated heterocycles. The van der Waals surface area contributed by atoms with Gasteiger partial charge < -0.3 is 15.4 Å². The van der Waals surface area contributed by atoms with Gasteiger partial charge >= 0.3 is 6.18 Å². The molecule has 2 atom stereocenters. The lowest BCUT2D eigenvalue weighted by Gasteiger charge is -2.18. The molecule has 0 aromatic heterocycles. The highest BCUT2D eigenvalue weighted by Crippen LogP contribution is 2.31. The Bertz CT molecular complexity index is 981. The summed E-state index contributed by atoms with van der Waals surface area (Å²) in [4.78, 5) is 12.7. The maximum absolute atomic E-state index is 12.8. The van der Waals surface area contributed by atoms with Crippen LogP contribution in [0.1, 0.15) is 17.2 Å². The van der Waals surface area contributed by atoms with Gasteiger partial charge in [0.05, 0.1) is 12.3 Å². The van der Waals surface area contributed by atoms with E-state index in [1.54, 1.807) is 36.4 Å². The number of hydrogen-bond donors (Lipinski definition) is 2. The van der Waals surface area contributed by atoms with Gasteiger partial charge in [-0.05, 0) is 36.2 Å². The molecule has 1 aliphatic rings. The monoisotopic (exact) mass is 442 g/mol. The number of benzene rings is 2. The Kier molecular flexibility index (Phi) is 6.67. The van der Waals surface area contributed by atoms with Crippen molar-refractivity contribution in [2.24, 2.45) is 0 Å². The van der Waals surface area contributed by atoms with Gasteiger partial charge in [-0.1, -0.05) is 30.3 Å². The van der Waals surface area contributed by atoms with Gasteiger partial charge in [-0.3, -0.25) is 4.79 Å². The minimum Gasteiger partial charge on any atom is -0.457 e. The third-order valence-corrected chi connectivity index (χ3v) is 6.56. The Hall–Kier alpha value is -2.59. The molecule has 1 amide bonds. The number of halogens is 3. The van der Waals surface area contributed by atoms with Crippen LogP contribution in [0.2, 0.25) is 0 Å². The van der Waals surface area contributed by atoms with Gasteiger partial charge in [0.2, 0.25) is 5.91 Å². The van der Waals surface area contributed by atoms with Crippen molar-refractivity contribution in [2.75, 3.05) is 18.8 Å². The van der Waals surface area contributed by atoms with Crippen LogP contribution in [0.4, 0.5) is 13.2 Å².